The first-order valence-corrected chi connectivity index (χ1v) is 7.91. The quantitative estimate of drug-likeness (QED) is 0.693. The maximum atomic E-state index is 12.6. The van der Waals surface area contributed by atoms with Gasteiger partial charge in [-0.2, -0.15) is 5.01 Å². The summed E-state index contributed by atoms with van der Waals surface area (Å²) in [4.78, 5) is 40.7. The van der Waals surface area contributed by atoms with Crippen LogP contribution in [-0.4, -0.2) is 21.8 Å². The van der Waals surface area contributed by atoms with Gasteiger partial charge in [-0.15, -0.1) is 0 Å². The standard InChI is InChI=1S/C18H12ClN3O3/c1-9-2-5-11(6-3-9)21-22-17(24)14-15(18(22)25)20-13-8-10(19)4-7-12(13)16(14)23/h2-8,21H,1H3,(H,20,23). The van der Waals surface area contributed by atoms with Crippen LogP contribution in [0.4, 0.5) is 5.69 Å². The molecule has 2 heterocycles. The molecule has 124 valence electrons. The summed E-state index contributed by atoms with van der Waals surface area (Å²) in [5, 5.41) is 1.57. The topological polar surface area (TPSA) is 82.3 Å². The first kappa shape index (κ1) is 15.4. The van der Waals surface area contributed by atoms with Crippen molar-refractivity contribution in [3.63, 3.8) is 0 Å². The molecule has 0 unspecified atom stereocenters. The molecular formula is C18H12ClN3O3. The first-order valence-electron chi connectivity index (χ1n) is 7.53. The highest BCUT2D eigenvalue weighted by atomic mass is 35.5. The van der Waals surface area contributed by atoms with E-state index in [4.69, 9.17) is 11.6 Å². The zero-order valence-electron chi connectivity index (χ0n) is 13.1. The molecule has 1 aliphatic rings. The Balaban J connectivity index is 1.81. The van der Waals surface area contributed by atoms with Crippen LogP contribution in [0.2, 0.25) is 5.02 Å². The molecule has 0 fully saturated rings. The SMILES string of the molecule is Cc1ccc(NN2C(=O)c3[nH]c4cc(Cl)ccc4c(=O)c3C2=O)cc1. The molecule has 0 aliphatic carbocycles. The Labute approximate surface area is 147 Å². The van der Waals surface area contributed by atoms with E-state index in [0.29, 0.717) is 21.6 Å². The van der Waals surface area contributed by atoms with Crippen molar-refractivity contribution in [3.8, 4) is 0 Å². The Hall–Kier alpha value is -3.12. The highest BCUT2D eigenvalue weighted by Crippen LogP contribution is 2.24. The molecule has 0 radical (unpaired) electrons. The molecule has 0 atom stereocenters. The molecular weight excluding hydrogens is 342 g/mol. The average molecular weight is 354 g/mol. The summed E-state index contributed by atoms with van der Waals surface area (Å²) in [5.74, 6) is -1.29. The van der Waals surface area contributed by atoms with Crippen LogP contribution in [0.3, 0.4) is 0 Å². The van der Waals surface area contributed by atoms with Gasteiger partial charge in [0.2, 0.25) is 5.43 Å². The van der Waals surface area contributed by atoms with Crippen molar-refractivity contribution in [2.75, 3.05) is 5.43 Å². The Bertz CT molecular complexity index is 1100. The zero-order chi connectivity index (χ0) is 17.7. The molecule has 1 aromatic heterocycles. The van der Waals surface area contributed by atoms with E-state index in [1.165, 1.54) is 6.07 Å². The lowest BCUT2D eigenvalue weighted by Gasteiger charge is -2.16. The number of hydrogen-bond donors (Lipinski definition) is 2. The van der Waals surface area contributed by atoms with Crippen molar-refractivity contribution in [3.05, 3.63) is 74.5 Å². The second-order valence-electron chi connectivity index (χ2n) is 5.82. The molecule has 0 saturated heterocycles. The second kappa shape index (κ2) is 5.46. The lowest BCUT2D eigenvalue weighted by molar-refractivity contribution is 0.0689. The summed E-state index contributed by atoms with van der Waals surface area (Å²) >= 11 is 5.94. The number of nitrogens with one attached hydrogen (secondary N) is 2. The number of hydrogen-bond acceptors (Lipinski definition) is 4. The van der Waals surface area contributed by atoms with Crippen molar-refractivity contribution in [2.24, 2.45) is 0 Å². The number of benzene rings is 2. The van der Waals surface area contributed by atoms with Crippen molar-refractivity contribution in [1.82, 2.24) is 9.99 Å². The lowest BCUT2D eigenvalue weighted by atomic mass is 10.1. The first-order chi connectivity index (χ1) is 12.0. The van der Waals surface area contributed by atoms with Gasteiger partial charge in [0, 0.05) is 10.4 Å². The molecule has 6 nitrogen and oxygen atoms in total. The van der Waals surface area contributed by atoms with Gasteiger partial charge in [-0.1, -0.05) is 29.3 Å². The number of H-pyrrole nitrogens is 1. The van der Waals surface area contributed by atoms with Crippen LogP contribution >= 0.6 is 11.6 Å². The van der Waals surface area contributed by atoms with E-state index in [2.05, 4.69) is 10.4 Å². The summed E-state index contributed by atoms with van der Waals surface area (Å²) in [6, 6.07) is 11.8. The van der Waals surface area contributed by atoms with E-state index in [-0.39, 0.29) is 11.3 Å². The highest BCUT2D eigenvalue weighted by Gasteiger charge is 2.39. The number of aromatic nitrogens is 1. The van der Waals surface area contributed by atoms with Gasteiger partial charge in [0.25, 0.3) is 11.8 Å². The Kier molecular flexibility index (Phi) is 3.36. The molecule has 2 N–H and O–H groups in total. The predicted molar refractivity (Wildman–Crippen MR) is 94.9 cm³/mol. The van der Waals surface area contributed by atoms with Gasteiger partial charge >= 0.3 is 0 Å². The van der Waals surface area contributed by atoms with Crippen LogP contribution in [0, 0.1) is 6.92 Å². The van der Waals surface area contributed by atoms with Crippen molar-refractivity contribution in [2.45, 2.75) is 6.92 Å². The number of imide groups is 1. The molecule has 0 spiro atoms. The van der Waals surface area contributed by atoms with E-state index < -0.39 is 17.2 Å². The molecule has 1 aliphatic heterocycles. The van der Waals surface area contributed by atoms with Crippen LogP contribution in [0.5, 0.6) is 0 Å². The van der Waals surface area contributed by atoms with Gasteiger partial charge in [0.05, 0.1) is 11.2 Å². The fourth-order valence-corrected chi connectivity index (χ4v) is 2.97. The van der Waals surface area contributed by atoms with E-state index in [9.17, 15) is 14.4 Å². The minimum absolute atomic E-state index is 0.0376. The molecule has 3 aromatic rings. The Morgan fingerprint density at radius 3 is 2.44 bits per heavy atom. The number of carbonyl (C=O) groups is 2. The number of fused-ring (bicyclic) bond motifs is 2. The third-order valence-electron chi connectivity index (χ3n) is 4.09. The lowest BCUT2D eigenvalue weighted by Crippen LogP contribution is -2.36. The molecule has 0 bridgehead atoms. The third kappa shape index (κ3) is 2.38. The fourth-order valence-electron chi connectivity index (χ4n) is 2.80. The van der Waals surface area contributed by atoms with Crippen LogP contribution in [0.1, 0.15) is 26.4 Å². The molecule has 7 heteroatoms. The van der Waals surface area contributed by atoms with Crippen molar-refractivity contribution < 1.29 is 9.59 Å². The zero-order valence-corrected chi connectivity index (χ0v) is 13.8. The number of carbonyl (C=O) groups excluding carboxylic acids is 2. The van der Waals surface area contributed by atoms with Gasteiger partial charge in [0.1, 0.15) is 11.3 Å². The van der Waals surface area contributed by atoms with Gasteiger partial charge < -0.3 is 4.98 Å². The summed E-state index contributed by atoms with van der Waals surface area (Å²) < 4.78 is 0. The van der Waals surface area contributed by atoms with Crippen LogP contribution < -0.4 is 10.9 Å². The van der Waals surface area contributed by atoms with E-state index in [0.717, 1.165) is 10.6 Å². The predicted octanol–water partition coefficient (Wildman–Crippen LogP) is 3.11. The average Bonchev–Trinajstić information content (AvgIpc) is 2.81. The van der Waals surface area contributed by atoms with Gasteiger partial charge in [0.15, 0.2) is 0 Å². The number of nitrogens with zero attached hydrogens (tertiary/aromatic N) is 1. The number of amides is 2. The smallest absolute Gasteiger partial charge is 0.297 e. The summed E-state index contributed by atoms with van der Waals surface area (Å²) in [5.41, 5.74) is 4.09. The number of hydrazine groups is 1. The van der Waals surface area contributed by atoms with Gasteiger partial charge in [-0.3, -0.25) is 19.8 Å². The summed E-state index contributed by atoms with van der Waals surface area (Å²) in [6.45, 7) is 1.93. The minimum atomic E-state index is -0.682. The van der Waals surface area contributed by atoms with Crippen molar-refractivity contribution >= 4 is 40.0 Å². The third-order valence-corrected chi connectivity index (χ3v) is 4.32. The number of anilines is 1. The Morgan fingerprint density at radius 2 is 1.72 bits per heavy atom. The van der Waals surface area contributed by atoms with Gasteiger partial charge in [-0.05, 0) is 37.3 Å². The second-order valence-corrected chi connectivity index (χ2v) is 6.25. The maximum Gasteiger partial charge on any atom is 0.297 e. The number of rotatable bonds is 2. The molecule has 25 heavy (non-hydrogen) atoms. The summed E-state index contributed by atoms with van der Waals surface area (Å²) in [7, 11) is 0. The number of aryl methyl sites for hydroxylation is 1. The largest absolute Gasteiger partial charge is 0.350 e. The van der Waals surface area contributed by atoms with E-state index in [1.807, 2.05) is 19.1 Å². The number of pyridine rings is 1. The highest BCUT2D eigenvalue weighted by molar-refractivity contribution is 6.31. The van der Waals surface area contributed by atoms with Crippen LogP contribution in [0.25, 0.3) is 10.9 Å². The number of aromatic amines is 1. The molecule has 2 aromatic carbocycles. The summed E-state index contributed by atoms with van der Waals surface area (Å²) in [6.07, 6.45) is 0. The molecule has 2 amide bonds. The fraction of sp³-hybridized carbons (Fsp3) is 0.0556. The maximum absolute atomic E-state index is 12.6. The van der Waals surface area contributed by atoms with Crippen molar-refractivity contribution in [1.29, 1.82) is 0 Å². The normalized spacial score (nSPS) is 13.4. The monoisotopic (exact) mass is 353 g/mol. The van der Waals surface area contributed by atoms with Gasteiger partial charge in [-0.25, -0.2) is 0 Å². The molecule has 4 rings (SSSR count). The number of halogens is 1. The van der Waals surface area contributed by atoms with Crippen LogP contribution in [-0.2, 0) is 0 Å². The Morgan fingerprint density at radius 1 is 1.00 bits per heavy atom. The van der Waals surface area contributed by atoms with E-state index in [1.54, 1.807) is 24.3 Å². The van der Waals surface area contributed by atoms with Crippen LogP contribution in [0.15, 0.2) is 47.3 Å². The molecule has 0 saturated carbocycles. The minimum Gasteiger partial charge on any atom is -0.350 e. The van der Waals surface area contributed by atoms with E-state index >= 15 is 0 Å².